The number of carbonyl (C=O) groups is 1. The van der Waals surface area contributed by atoms with Crippen LogP contribution in [0.1, 0.15) is 16.1 Å². The molecule has 3 aromatic rings. The number of nitrogens with one attached hydrogen (secondary N) is 2. The molecule has 1 amide bonds. The van der Waals surface area contributed by atoms with Crippen molar-refractivity contribution in [1.82, 2.24) is 9.97 Å². The van der Waals surface area contributed by atoms with E-state index in [2.05, 4.69) is 20.6 Å². The standard InChI is InChI=1S/C18H15ClN4O/c19-14-6-8-15(9-7-14)23-18(24)16-11-22-17(12-20-16)21-10-13-4-2-1-3-5-13/h1-9,11-12H,10H2,(H,21,22)(H,23,24). The quantitative estimate of drug-likeness (QED) is 0.738. The van der Waals surface area contributed by atoms with Gasteiger partial charge in [-0.05, 0) is 29.8 Å². The zero-order valence-electron chi connectivity index (χ0n) is 12.7. The lowest BCUT2D eigenvalue weighted by Crippen LogP contribution is -2.14. The summed E-state index contributed by atoms with van der Waals surface area (Å²) in [5, 5.41) is 6.52. The number of amides is 1. The normalized spacial score (nSPS) is 10.2. The molecule has 0 unspecified atom stereocenters. The molecule has 0 saturated carbocycles. The lowest BCUT2D eigenvalue weighted by molar-refractivity contribution is 0.102. The highest BCUT2D eigenvalue weighted by Crippen LogP contribution is 2.14. The van der Waals surface area contributed by atoms with Crippen molar-refractivity contribution in [3.63, 3.8) is 0 Å². The third kappa shape index (κ3) is 4.30. The second-order valence-corrected chi connectivity index (χ2v) is 5.52. The molecule has 0 radical (unpaired) electrons. The maximum absolute atomic E-state index is 12.1. The molecule has 1 heterocycles. The van der Waals surface area contributed by atoms with Gasteiger partial charge in [0.05, 0.1) is 12.4 Å². The van der Waals surface area contributed by atoms with Gasteiger partial charge in [0, 0.05) is 17.3 Å². The zero-order valence-corrected chi connectivity index (χ0v) is 13.5. The first-order valence-corrected chi connectivity index (χ1v) is 7.75. The summed E-state index contributed by atoms with van der Waals surface area (Å²) >= 11 is 5.81. The van der Waals surface area contributed by atoms with Gasteiger partial charge in [0.15, 0.2) is 0 Å². The Labute approximate surface area is 144 Å². The van der Waals surface area contributed by atoms with Gasteiger partial charge in [-0.2, -0.15) is 0 Å². The highest BCUT2D eigenvalue weighted by Gasteiger charge is 2.08. The minimum absolute atomic E-state index is 0.246. The molecule has 120 valence electrons. The number of hydrogen-bond donors (Lipinski definition) is 2. The van der Waals surface area contributed by atoms with E-state index in [0.717, 1.165) is 5.56 Å². The Bertz CT molecular complexity index is 805. The number of nitrogens with zero attached hydrogens (tertiary/aromatic N) is 2. The highest BCUT2D eigenvalue weighted by molar-refractivity contribution is 6.30. The van der Waals surface area contributed by atoms with Crippen LogP contribution in [0.4, 0.5) is 11.5 Å². The number of anilines is 2. The van der Waals surface area contributed by atoms with Crippen molar-refractivity contribution in [3.8, 4) is 0 Å². The van der Waals surface area contributed by atoms with Gasteiger partial charge in [-0.15, -0.1) is 0 Å². The van der Waals surface area contributed by atoms with E-state index in [0.29, 0.717) is 23.1 Å². The van der Waals surface area contributed by atoms with Gasteiger partial charge in [-0.25, -0.2) is 9.97 Å². The first-order valence-electron chi connectivity index (χ1n) is 7.37. The average molecular weight is 339 g/mol. The minimum atomic E-state index is -0.320. The van der Waals surface area contributed by atoms with Crippen LogP contribution in [-0.2, 0) is 6.54 Å². The molecule has 0 aliphatic heterocycles. The molecule has 24 heavy (non-hydrogen) atoms. The van der Waals surface area contributed by atoms with Crippen LogP contribution in [0, 0.1) is 0 Å². The Balaban J connectivity index is 1.59. The van der Waals surface area contributed by atoms with Crippen molar-refractivity contribution in [3.05, 3.63) is 83.3 Å². The summed E-state index contributed by atoms with van der Waals surface area (Å²) in [5.74, 6) is 0.293. The molecule has 2 aromatic carbocycles. The van der Waals surface area contributed by atoms with Crippen molar-refractivity contribution in [2.24, 2.45) is 0 Å². The second-order valence-electron chi connectivity index (χ2n) is 5.09. The summed E-state index contributed by atoms with van der Waals surface area (Å²) < 4.78 is 0. The summed E-state index contributed by atoms with van der Waals surface area (Å²) in [4.78, 5) is 20.5. The first kappa shape index (κ1) is 16.0. The van der Waals surface area contributed by atoms with Crippen molar-refractivity contribution < 1.29 is 4.79 Å². The summed E-state index contributed by atoms with van der Waals surface area (Å²) in [5.41, 5.74) is 2.04. The molecular formula is C18H15ClN4O. The van der Waals surface area contributed by atoms with Gasteiger partial charge in [-0.3, -0.25) is 4.79 Å². The molecule has 0 atom stereocenters. The van der Waals surface area contributed by atoms with Gasteiger partial charge >= 0.3 is 0 Å². The molecule has 2 N–H and O–H groups in total. The van der Waals surface area contributed by atoms with Crippen molar-refractivity contribution in [2.75, 3.05) is 10.6 Å². The molecule has 0 aliphatic carbocycles. The van der Waals surface area contributed by atoms with Gasteiger partial charge in [0.2, 0.25) is 0 Å². The number of aromatic nitrogens is 2. The van der Waals surface area contributed by atoms with Crippen LogP contribution in [0.3, 0.4) is 0 Å². The van der Waals surface area contributed by atoms with E-state index < -0.39 is 0 Å². The third-order valence-electron chi connectivity index (χ3n) is 3.30. The molecule has 0 bridgehead atoms. The molecule has 6 heteroatoms. The van der Waals surface area contributed by atoms with Gasteiger partial charge in [0.1, 0.15) is 11.5 Å². The summed E-state index contributed by atoms with van der Waals surface area (Å²) in [6.45, 7) is 0.645. The van der Waals surface area contributed by atoms with Crippen molar-refractivity contribution in [2.45, 2.75) is 6.54 Å². The number of hydrogen-bond acceptors (Lipinski definition) is 4. The van der Waals surface area contributed by atoms with E-state index in [-0.39, 0.29) is 11.6 Å². The fraction of sp³-hybridized carbons (Fsp3) is 0.0556. The highest BCUT2D eigenvalue weighted by atomic mass is 35.5. The summed E-state index contributed by atoms with van der Waals surface area (Å²) in [6, 6.07) is 16.8. The largest absolute Gasteiger partial charge is 0.365 e. The average Bonchev–Trinajstić information content (AvgIpc) is 2.63. The molecule has 0 fully saturated rings. The second kappa shape index (κ2) is 7.57. The van der Waals surface area contributed by atoms with Gasteiger partial charge in [0.25, 0.3) is 5.91 Å². The monoisotopic (exact) mass is 338 g/mol. The molecule has 1 aromatic heterocycles. The van der Waals surface area contributed by atoms with E-state index in [1.165, 1.54) is 6.20 Å². The van der Waals surface area contributed by atoms with E-state index >= 15 is 0 Å². The van der Waals surface area contributed by atoms with Crippen LogP contribution >= 0.6 is 11.6 Å². The van der Waals surface area contributed by atoms with Crippen LogP contribution in [0.15, 0.2) is 67.0 Å². The van der Waals surface area contributed by atoms with E-state index in [4.69, 9.17) is 11.6 Å². The number of halogens is 1. The molecular weight excluding hydrogens is 324 g/mol. The fourth-order valence-corrected chi connectivity index (χ4v) is 2.18. The van der Waals surface area contributed by atoms with Gasteiger partial charge < -0.3 is 10.6 Å². The topological polar surface area (TPSA) is 66.9 Å². The number of benzene rings is 2. The predicted octanol–water partition coefficient (Wildman–Crippen LogP) is 3.99. The molecule has 0 saturated heterocycles. The molecule has 3 rings (SSSR count). The molecule has 0 spiro atoms. The van der Waals surface area contributed by atoms with Crippen LogP contribution in [0.2, 0.25) is 5.02 Å². The Morgan fingerprint density at radius 3 is 2.38 bits per heavy atom. The Morgan fingerprint density at radius 2 is 1.71 bits per heavy atom. The molecule has 0 aliphatic rings. The lowest BCUT2D eigenvalue weighted by atomic mass is 10.2. The smallest absolute Gasteiger partial charge is 0.275 e. The van der Waals surface area contributed by atoms with Crippen molar-refractivity contribution in [1.29, 1.82) is 0 Å². The third-order valence-corrected chi connectivity index (χ3v) is 3.56. The Hall–Kier alpha value is -2.92. The predicted molar refractivity (Wildman–Crippen MR) is 95.2 cm³/mol. The SMILES string of the molecule is O=C(Nc1ccc(Cl)cc1)c1cnc(NCc2ccccc2)cn1. The van der Waals surface area contributed by atoms with E-state index in [1.54, 1.807) is 30.5 Å². The van der Waals surface area contributed by atoms with Crippen LogP contribution < -0.4 is 10.6 Å². The Morgan fingerprint density at radius 1 is 0.958 bits per heavy atom. The molecule has 5 nitrogen and oxygen atoms in total. The lowest BCUT2D eigenvalue weighted by Gasteiger charge is -2.07. The van der Waals surface area contributed by atoms with E-state index in [9.17, 15) is 4.79 Å². The Kier molecular flexibility index (Phi) is 5.03. The fourth-order valence-electron chi connectivity index (χ4n) is 2.05. The van der Waals surface area contributed by atoms with Crippen LogP contribution in [0.5, 0.6) is 0 Å². The van der Waals surface area contributed by atoms with Crippen LogP contribution in [0.25, 0.3) is 0 Å². The van der Waals surface area contributed by atoms with E-state index in [1.807, 2.05) is 30.3 Å². The zero-order chi connectivity index (χ0) is 16.8. The maximum atomic E-state index is 12.1. The maximum Gasteiger partial charge on any atom is 0.275 e. The van der Waals surface area contributed by atoms with Crippen molar-refractivity contribution >= 4 is 29.0 Å². The number of rotatable bonds is 5. The minimum Gasteiger partial charge on any atom is -0.365 e. The van der Waals surface area contributed by atoms with Gasteiger partial charge in [-0.1, -0.05) is 41.9 Å². The number of carbonyl (C=O) groups excluding carboxylic acids is 1. The summed E-state index contributed by atoms with van der Waals surface area (Å²) in [7, 11) is 0. The van der Waals surface area contributed by atoms with Crippen LogP contribution in [-0.4, -0.2) is 15.9 Å². The first-order chi connectivity index (χ1) is 11.7. The summed E-state index contributed by atoms with van der Waals surface area (Å²) in [6.07, 6.45) is 2.98.